The van der Waals surface area contributed by atoms with Crippen molar-refractivity contribution in [3.8, 4) is 45.3 Å². The van der Waals surface area contributed by atoms with Crippen LogP contribution in [0.2, 0.25) is 0 Å². The molecular formula is C52H36N4. The fourth-order valence-electron chi connectivity index (χ4n) is 8.67. The van der Waals surface area contributed by atoms with Crippen LogP contribution in [0, 0.1) is 0 Å². The summed E-state index contributed by atoms with van der Waals surface area (Å²) in [5, 5.41) is 3.86. The summed E-state index contributed by atoms with van der Waals surface area (Å²) in [5.74, 6) is 0.970. The van der Waals surface area contributed by atoms with Crippen molar-refractivity contribution in [1.82, 2.24) is 19.1 Å². The molecule has 56 heavy (non-hydrogen) atoms. The molecule has 3 heterocycles. The van der Waals surface area contributed by atoms with Gasteiger partial charge in [0.1, 0.15) is 0 Å². The van der Waals surface area contributed by atoms with Gasteiger partial charge < -0.3 is 9.13 Å². The van der Waals surface area contributed by atoms with Gasteiger partial charge in [-0.05, 0) is 78.2 Å². The van der Waals surface area contributed by atoms with Crippen LogP contribution >= 0.6 is 0 Å². The van der Waals surface area contributed by atoms with Gasteiger partial charge in [-0.1, -0.05) is 140 Å². The Balaban J connectivity index is 1.00. The Morgan fingerprint density at radius 3 is 1.79 bits per heavy atom. The van der Waals surface area contributed by atoms with E-state index in [2.05, 4.69) is 185 Å². The molecule has 0 fully saturated rings. The van der Waals surface area contributed by atoms with Gasteiger partial charge >= 0.3 is 0 Å². The van der Waals surface area contributed by atoms with Gasteiger partial charge in [-0.3, -0.25) is 0 Å². The zero-order chi connectivity index (χ0) is 37.0. The summed E-state index contributed by atoms with van der Waals surface area (Å²) in [6.45, 7) is 0. The average Bonchev–Trinajstić information content (AvgIpc) is 3.79. The van der Waals surface area contributed by atoms with Gasteiger partial charge in [-0.2, -0.15) is 0 Å². The average molecular weight is 717 g/mol. The predicted octanol–water partition coefficient (Wildman–Crippen LogP) is 12.9. The van der Waals surface area contributed by atoms with Crippen LogP contribution in [0.4, 0.5) is 0 Å². The van der Waals surface area contributed by atoms with Gasteiger partial charge in [0.05, 0.1) is 27.9 Å². The minimum absolute atomic E-state index is 0.255. The van der Waals surface area contributed by atoms with E-state index >= 15 is 0 Å². The summed E-state index contributed by atoms with van der Waals surface area (Å²) in [5.41, 5.74) is 14.8. The molecule has 0 bridgehead atoms. The Hall–Kier alpha value is -7.30. The Morgan fingerprint density at radius 1 is 0.429 bits per heavy atom. The van der Waals surface area contributed by atoms with Gasteiger partial charge in [0, 0.05) is 55.8 Å². The SMILES string of the molecule is C1=CC(c2ccc3c(c2)c2ccccc2n3-c2ccccc2)Cc2c1n(-c1cccc(-c3cc(-c4ccccc4)nc(-c4ccccc4)n3)c1)c1ccccc21. The summed E-state index contributed by atoms with van der Waals surface area (Å²) in [4.78, 5) is 10.2. The number of benzene rings is 7. The van der Waals surface area contributed by atoms with E-state index < -0.39 is 0 Å². The number of nitrogens with zero attached hydrogens (tertiary/aromatic N) is 4. The number of aromatic nitrogens is 4. The molecule has 1 aliphatic carbocycles. The molecule has 0 amide bonds. The molecule has 0 radical (unpaired) electrons. The molecule has 3 aromatic heterocycles. The van der Waals surface area contributed by atoms with E-state index in [-0.39, 0.29) is 5.92 Å². The second-order valence-electron chi connectivity index (χ2n) is 14.6. The molecule has 4 heteroatoms. The largest absolute Gasteiger partial charge is 0.310 e. The van der Waals surface area contributed by atoms with Crippen LogP contribution in [0.25, 0.3) is 84.1 Å². The molecule has 11 rings (SSSR count). The van der Waals surface area contributed by atoms with E-state index in [0.29, 0.717) is 5.82 Å². The number of rotatable bonds is 6. The normalized spacial score (nSPS) is 13.8. The van der Waals surface area contributed by atoms with Crippen LogP contribution in [0.1, 0.15) is 22.7 Å². The minimum atomic E-state index is 0.255. The van der Waals surface area contributed by atoms with Crippen molar-refractivity contribution >= 4 is 38.8 Å². The summed E-state index contributed by atoms with van der Waals surface area (Å²) in [7, 11) is 0. The molecule has 0 spiro atoms. The fraction of sp³-hybridized carbons (Fsp3) is 0.0385. The summed E-state index contributed by atoms with van der Waals surface area (Å²) in [6.07, 6.45) is 5.68. The second kappa shape index (κ2) is 13.2. The zero-order valence-electron chi connectivity index (χ0n) is 30.6. The van der Waals surface area contributed by atoms with E-state index in [1.807, 2.05) is 24.3 Å². The van der Waals surface area contributed by atoms with E-state index in [1.165, 1.54) is 55.2 Å². The Labute approximate surface area is 325 Å². The standard InChI is InChI=1S/C52H36N4/c1-4-15-35(16-5-1)46-34-47(54-52(53-46)36-17-6-2-7-18-36)39-19-14-22-41(31-39)56-49-26-13-11-24-43(49)45-33-38(28-30-51(45)56)37-27-29-50-44(32-37)42-23-10-12-25-48(42)55(50)40-20-8-3-9-21-40/h1-32,34,38H,33H2. The topological polar surface area (TPSA) is 35.6 Å². The van der Waals surface area contributed by atoms with Gasteiger partial charge in [-0.25, -0.2) is 9.97 Å². The van der Waals surface area contributed by atoms with Crippen molar-refractivity contribution in [1.29, 1.82) is 0 Å². The van der Waals surface area contributed by atoms with Gasteiger partial charge in [0.25, 0.3) is 0 Å². The van der Waals surface area contributed by atoms with Crippen LogP contribution in [-0.4, -0.2) is 19.1 Å². The Morgan fingerprint density at radius 2 is 1.02 bits per heavy atom. The highest BCUT2D eigenvalue weighted by Gasteiger charge is 2.25. The molecule has 10 aromatic rings. The lowest BCUT2D eigenvalue weighted by Crippen LogP contribution is -2.07. The van der Waals surface area contributed by atoms with Crippen LogP contribution in [0.15, 0.2) is 194 Å². The van der Waals surface area contributed by atoms with E-state index in [9.17, 15) is 0 Å². The maximum absolute atomic E-state index is 5.14. The molecule has 0 saturated carbocycles. The Kier molecular flexibility index (Phi) is 7.59. The maximum Gasteiger partial charge on any atom is 0.160 e. The predicted molar refractivity (Wildman–Crippen MR) is 231 cm³/mol. The quantitative estimate of drug-likeness (QED) is 0.172. The third-order valence-electron chi connectivity index (χ3n) is 11.3. The summed E-state index contributed by atoms with van der Waals surface area (Å²) in [6, 6.07) is 66.9. The number of hydrogen-bond donors (Lipinski definition) is 0. The highest BCUT2D eigenvalue weighted by molar-refractivity contribution is 6.09. The first kappa shape index (κ1) is 32.2. The lowest BCUT2D eigenvalue weighted by molar-refractivity contribution is 0.826. The first-order valence-electron chi connectivity index (χ1n) is 19.3. The van der Waals surface area contributed by atoms with E-state index in [4.69, 9.17) is 9.97 Å². The molecule has 7 aromatic carbocycles. The van der Waals surface area contributed by atoms with Crippen molar-refractivity contribution in [3.63, 3.8) is 0 Å². The first-order chi connectivity index (χ1) is 27.8. The molecule has 264 valence electrons. The molecule has 1 unspecified atom stereocenters. The van der Waals surface area contributed by atoms with Gasteiger partial charge in [-0.15, -0.1) is 0 Å². The summed E-state index contributed by atoms with van der Waals surface area (Å²) < 4.78 is 4.81. The molecular weight excluding hydrogens is 681 g/mol. The molecule has 0 aliphatic heterocycles. The lowest BCUT2D eigenvalue weighted by Gasteiger charge is -2.20. The number of hydrogen-bond acceptors (Lipinski definition) is 2. The molecule has 0 saturated heterocycles. The van der Waals surface area contributed by atoms with Crippen molar-refractivity contribution in [2.75, 3.05) is 0 Å². The van der Waals surface area contributed by atoms with Crippen molar-refractivity contribution < 1.29 is 0 Å². The molecule has 1 aliphatic rings. The third-order valence-corrected chi connectivity index (χ3v) is 11.3. The molecule has 1 atom stereocenters. The number of fused-ring (bicyclic) bond motifs is 6. The minimum Gasteiger partial charge on any atom is -0.310 e. The van der Waals surface area contributed by atoms with E-state index in [0.717, 1.165) is 40.2 Å². The van der Waals surface area contributed by atoms with Crippen LogP contribution in [-0.2, 0) is 6.42 Å². The zero-order valence-corrected chi connectivity index (χ0v) is 30.6. The van der Waals surface area contributed by atoms with Crippen LogP contribution in [0.3, 0.4) is 0 Å². The second-order valence-corrected chi connectivity index (χ2v) is 14.6. The van der Waals surface area contributed by atoms with Crippen molar-refractivity contribution in [3.05, 3.63) is 211 Å². The van der Waals surface area contributed by atoms with Crippen LogP contribution in [0.5, 0.6) is 0 Å². The first-order valence-corrected chi connectivity index (χ1v) is 19.3. The van der Waals surface area contributed by atoms with E-state index in [1.54, 1.807) is 0 Å². The lowest BCUT2D eigenvalue weighted by atomic mass is 9.86. The Bertz CT molecular complexity index is 3040. The fourth-order valence-corrected chi connectivity index (χ4v) is 8.67. The molecule has 0 N–H and O–H groups in total. The van der Waals surface area contributed by atoms with Crippen molar-refractivity contribution in [2.45, 2.75) is 12.3 Å². The monoisotopic (exact) mass is 716 g/mol. The van der Waals surface area contributed by atoms with Gasteiger partial charge in [0.2, 0.25) is 0 Å². The van der Waals surface area contributed by atoms with Crippen LogP contribution < -0.4 is 0 Å². The number of para-hydroxylation sites is 3. The highest BCUT2D eigenvalue weighted by Crippen LogP contribution is 2.41. The van der Waals surface area contributed by atoms with Crippen molar-refractivity contribution in [2.24, 2.45) is 0 Å². The third kappa shape index (κ3) is 5.38. The smallest absolute Gasteiger partial charge is 0.160 e. The molecule has 4 nitrogen and oxygen atoms in total. The maximum atomic E-state index is 5.14. The highest BCUT2D eigenvalue weighted by atomic mass is 15.0. The number of allylic oxidation sites excluding steroid dienone is 1. The summed E-state index contributed by atoms with van der Waals surface area (Å²) >= 11 is 0. The van der Waals surface area contributed by atoms with Gasteiger partial charge in [0.15, 0.2) is 5.82 Å².